The molecule has 4 nitrogen and oxygen atoms in total. The second-order valence-electron chi connectivity index (χ2n) is 6.16. The van der Waals surface area contributed by atoms with Crippen molar-refractivity contribution in [1.29, 1.82) is 0 Å². The second kappa shape index (κ2) is 8.18. The average molecular weight is 305 g/mol. The number of hydrogen-bond donors (Lipinski definition) is 0. The highest BCUT2D eigenvalue weighted by Gasteiger charge is 2.24. The summed E-state index contributed by atoms with van der Waals surface area (Å²) in [5.41, 5.74) is 1.17. The summed E-state index contributed by atoms with van der Waals surface area (Å²) in [5.74, 6) is 1.44. The molecule has 0 bridgehead atoms. The van der Waals surface area contributed by atoms with Crippen LogP contribution in [0.25, 0.3) is 0 Å². The lowest BCUT2D eigenvalue weighted by atomic mass is 9.96. The van der Waals surface area contributed by atoms with Gasteiger partial charge in [-0.15, -0.1) is 0 Å². The molecule has 1 aliphatic heterocycles. The molecule has 1 amide bonds. The molecule has 0 radical (unpaired) electrons. The topological polar surface area (TPSA) is 38.8 Å². The lowest BCUT2D eigenvalue weighted by molar-refractivity contribution is -0.135. The molecule has 1 heterocycles. The van der Waals surface area contributed by atoms with Gasteiger partial charge in [0.25, 0.3) is 0 Å². The molecule has 0 spiro atoms. The van der Waals surface area contributed by atoms with Gasteiger partial charge in [-0.2, -0.15) is 0 Å². The standard InChI is InChI=1S/C18H27NO3/c1-14(11-15-7-4-5-9-17(15)22-3)12-18(20)19-10-6-8-16(13-19)21-2/h4-5,7,9,14,16H,6,8,10-13H2,1-3H3/t14-,16+/m0/s1. The van der Waals surface area contributed by atoms with E-state index in [9.17, 15) is 4.79 Å². The minimum Gasteiger partial charge on any atom is -0.496 e. The van der Waals surface area contributed by atoms with Gasteiger partial charge in [0, 0.05) is 26.6 Å². The van der Waals surface area contributed by atoms with Gasteiger partial charge in [0.1, 0.15) is 5.75 Å². The molecule has 0 aliphatic carbocycles. The van der Waals surface area contributed by atoms with E-state index in [4.69, 9.17) is 9.47 Å². The lowest BCUT2D eigenvalue weighted by Gasteiger charge is -2.32. The molecule has 0 aromatic heterocycles. The molecular formula is C18H27NO3. The summed E-state index contributed by atoms with van der Waals surface area (Å²) in [6.45, 7) is 3.72. The summed E-state index contributed by atoms with van der Waals surface area (Å²) in [6, 6.07) is 8.02. The molecule has 1 aliphatic rings. The van der Waals surface area contributed by atoms with Crippen LogP contribution in [0, 0.1) is 5.92 Å². The van der Waals surface area contributed by atoms with Gasteiger partial charge in [-0.25, -0.2) is 0 Å². The largest absolute Gasteiger partial charge is 0.496 e. The van der Waals surface area contributed by atoms with E-state index in [1.54, 1.807) is 14.2 Å². The van der Waals surface area contributed by atoms with Gasteiger partial charge in [-0.1, -0.05) is 25.1 Å². The third-order valence-corrected chi connectivity index (χ3v) is 4.35. The normalized spacial score (nSPS) is 19.8. The first-order chi connectivity index (χ1) is 10.6. The van der Waals surface area contributed by atoms with E-state index >= 15 is 0 Å². The molecule has 122 valence electrons. The average Bonchev–Trinajstić information content (AvgIpc) is 2.55. The van der Waals surface area contributed by atoms with Crippen molar-refractivity contribution in [1.82, 2.24) is 4.90 Å². The molecule has 1 fully saturated rings. The number of amides is 1. The van der Waals surface area contributed by atoms with Crippen molar-refractivity contribution in [2.75, 3.05) is 27.3 Å². The zero-order chi connectivity index (χ0) is 15.9. The van der Waals surface area contributed by atoms with Crippen molar-refractivity contribution in [2.45, 2.75) is 38.7 Å². The third kappa shape index (κ3) is 4.47. The number of rotatable bonds is 6. The van der Waals surface area contributed by atoms with Crippen LogP contribution in [0.2, 0.25) is 0 Å². The number of para-hydroxylation sites is 1. The maximum atomic E-state index is 12.5. The summed E-state index contributed by atoms with van der Waals surface area (Å²) in [4.78, 5) is 14.4. The molecule has 1 aromatic carbocycles. The van der Waals surface area contributed by atoms with Crippen LogP contribution < -0.4 is 4.74 Å². The highest BCUT2D eigenvalue weighted by Crippen LogP contribution is 2.23. The molecule has 0 saturated carbocycles. The number of benzene rings is 1. The van der Waals surface area contributed by atoms with Crippen molar-refractivity contribution < 1.29 is 14.3 Å². The summed E-state index contributed by atoms with van der Waals surface area (Å²) in [7, 11) is 3.41. The first-order valence-electron chi connectivity index (χ1n) is 8.06. The summed E-state index contributed by atoms with van der Waals surface area (Å²) in [5, 5.41) is 0. The van der Waals surface area contributed by atoms with Gasteiger partial charge in [0.05, 0.1) is 13.2 Å². The zero-order valence-electron chi connectivity index (χ0n) is 13.9. The van der Waals surface area contributed by atoms with E-state index in [0.717, 1.165) is 38.1 Å². The summed E-state index contributed by atoms with van der Waals surface area (Å²) in [6.07, 6.45) is 3.72. The van der Waals surface area contributed by atoms with Crippen LogP contribution >= 0.6 is 0 Å². The molecule has 0 N–H and O–H groups in total. The van der Waals surface area contributed by atoms with E-state index in [-0.39, 0.29) is 12.0 Å². The predicted octanol–water partition coefficient (Wildman–Crippen LogP) is 2.90. The van der Waals surface area contributed by atoms with Crippen LogP contribution in [-0.2, 0) is 16.0 Å². The summed E-state index contributed by atoms with van der Waals surface area (Å²) < 4.78 is 10.8. The number of methoxy groups -OCH3 is 2. The molecule has 0 unspecified atom stereocenters. The minimum absolute atomic E-state index is 0.197. The molecule has 1 saturated heterocycles. The molecular weight excluding hydrogens is 278 g/mol. The van der Waals surface area contributed by atoms with Gasteiger partial charge in [0.2, 0.25) is 5.91 Å². The Morgan fingerprint density at radius 2 is 2.14 bits per heavy atom. The first-order valence-corrected chi connectivity index (χ1v) is 8.06. The fourth-order valence-electron chi connectivity index (χ4n) is 3.10. The Morgan fingerprint density at radius 3 is 2.86 bits per heavy atom. The smallest absolute Gasteiger partial charge is 0.222 e. The second-order valence-corrected chi connectivity index (χ2v) is 6.16. The molecule has 2 atom stereocenters. The Bertz CT molecular complexity index is 489. The number of hydrogen-bond acceptors (Lipinski definition) is 3. The van der Waals surface area contributed by atoms with Crippen LogP contribution in [-0.4, -0.2) is 44.2 Å². The Balaban J connectivity index is 1.88. The molecule has 22 heavy (non-hydrogen) atoms. The lowest BCUT2D eigenvalue weighted by Crippen LogP contribution is -2.43. The first kappa shape index (κ1) is 16.8. The van der Waals surface area contributed by atoms with Gasteiger partial charge in [-0.05, 0) is 36.8 Å². The van der Waals surface area contributed by atoms with Crippen molar-refractivity contribution in [3.63, 3.8) is 0 Å². The van der Waals surface area contributed by atoms with Crippen molar-refractivity contribution in [3.05, 3.63) is 29.8 Å². The number of nitrogens with zero attached hydrogens (tertiary/aromatic N) is 1. The molecule has 4 heteroatoms. The van der Waals surface area contributed by atoms with Crippen molar-refractivity contribution in [3.8, 4) is 5.75 Å². The van der Waals surface area contributed by atoms with Gasteiger partial charge < -0.3 is 14.4 Å². The third-order valence-electron chi connectivity index (χ3n) is 4.35. The predicted molar refractivity (Wildman–Crippen MR) is 87.1 cm³/mol. The van der Waals surface area contributed by atoms with E-state index in [1.807, 2.05) is 23.1 Å². The maximum Gasteiger partial charge on any atom is 0.222 e. The Hall–Kier alpha value is -1.55. The minimum atomic E-state index is 0.197. The number of piperidine rings is 1. The van der Waals surface area contributed by atoms with Crippen LogP contribution in [0.15, 0.2) is 24.3 Å². The quantitative estimate of drug-likeness (QED) is 0.811. The zero-order valence-corrected chi connectivity index (χ0v) is 13.9. The number of ether oxygens (including phenoxy) is 2. The SMILES string of the molecule is COc1ccccc1C[C@H](C)CC(=O)N1CCC[C@@H](OC)C1. The number of carbonyl (C=O) groups is 1. The van der Waals surface area contributed by atoms with Gasteiger partial charge in [0.15, 0.2) is 0 Å². The van der Waals surface area contributed by atoms with Gasteiger partial charge >= 0.3 is 0 Å². The summed E-state index contributed by atoms with van der Waals surface area (Å²) >= 11 is 0. The van der Waals surface area contributed by atoms with Crippen LogP contribution in [0.1, 0.15) is 31.7 Å². The highest BCUT2D eigenvalue weighted by molar-refractivity contribution is 5.76. The Kier molecular flexibility index (Phi) is 6.25. The van der Waals surface area contributed by atoms with E-state index in [0.29, 0.717) is 12.3 Å². The fourth-order valence-corrected chi connectivity index (χ4v) is 3.10. The highest BCUT2D eigenvalue weighted by atomic mass is 16.5. The number of carbonyl (C=O) groups excluding carboxylic acids is 1. The fraction of sp³-hybridized carbons (Fsp3) is 0.611. The van der Waals surface area contributed by atoms with Crippen LogP contribution in [0.4, 0.5) is 0 Å². The number of likely N-dealkylation sites (tertiary alicyclic amines) is 1. The Labute approximate surface area is 133 Å². The van der Waals surface area contributed by atoms with Crippen LogP contribution in [0.5, 0.6) is 5.75 Å². The van der Waals surface area contributed by atoms with E-state index < -0.39 is 0 Å². The van der Waals surface area contributed by atoms with Crippen molar-refractivity contribution in [2.24, 2.45) is 5.92 Å². The monoisotopic (exact) mass is 305 g/mol. The van der Waals surface area contributed by atoms with E-state index in [2.05, 4.69) is 13.0 Å². The molecule has 1 aromatic rings. The van der Waals surface area contributed by atoms with Crippen LogP contribution in [0.3, 0.4) is 0 Å². The Morgan fingerprint density at radius 1 is 1.36 bits per heavy atom. The molecule has 2 rings (SSSR count). The maximum absolute atomic E-state index is 12.5. The van der Waals surface area contributed by atoms with Crippen molar-refractivity contribution >= 4 is 5.91 Å². The van der Waals surface area contributed by atoms with Gasteiger partial charge in [-0.3, -0.25) is 4.79 Å². The van der Waals surface area contributed by atoms with E-state index in [1.165, 1.54) is 5.56 Å².